The largest absolute Gasteiger partial charge is 0.351 e. The van der Waals surface area contributed by atoms with Gasteiger partial charge >= 0.3 is 0 Å². The number of nitrogens with one attached hydrogen (secondary N) is 2. The van der Waals surface area contributed by atoms with E-state index in [2.05, 4.69) is 17.6 Å². The lowest BCUT2D eigenvalue weighted by Crippen LogP contribution is -2.48. The van der Waals surface area contributed by atoms with Crippen LogP contribution in [0, 0.1) is 5.92 Å². The van der Waals surface area contributed by atoms with Gasteiger partial charge in [0.2, 0.25) is 5.91 Å². The van der Waals surface area contributed by atoms with Crippen LogP contribution in [0.25, 0.3) is 0 Å². The first-order chi connectivity index (χ1) is 9.78. The highest BCUT2D eigenvalue weighted by Gasteiger charge is 2.39. The summed E-state index contributed by atoms with van der Waals surface area (Å²) < 4.78 is 0. The van der Waals surface area contributed by atoms with E-state index in [4.69, 9.17) is 0 Å². The van der Waals surface area contributed by atoms with Crippen molar-refractivity contribution in [2.75, 3.05) is 5.75 Å². The van der Waals surface area contributed by atoms with E-state index < -0.39 is 0 Å². The number of thioether (sulfide) groups is 1. The molecule has 0 bridgehead atoms. The van der Waals surface area contributed by atoms with Crippen LogP contribution in [-0.4, -0.2) is 35.0 Å². The molecule has 2 saturated carbocycles. The fourth-order valence-electron chi connectivity index (χ4n) is 4.31. The molecule has 0 aromatic carbocycles. The number of carbonyl (C=O) groups excluding carboxylic acids is 1. The maximum Gasteiger partial charge on any atom is 0.237 e. The average Bonchev–Trinajstić information content (AvgIpc) is 3.06. The first-order valence-electron chi connectivity index (χ1n) is 8.46. The molecule has 3 aliphatic rings. The summed E-state index contributed by atoms with van der Waals surface area (Å²) >= 11 is 2.02. The standard InChI is InChI=1S/C16H28N2OS/c1-2-20-15-9-5-8-13(15)18-16(19)14-10-11-6-3-4-7-12(11)17-14/h11-15,17H,2-10H2,1H3,(H,18,19). The molecule has 4 heteroatoms. The summed E-state index contributed by atoms with van der Waals surface area (Å²) in [6, 6.07) is 1.11. The maximum atomic E-state index is 12.5. The number of rotatable bonds is 4. The van der Waals surface area contributed by atoms with Gasteiger partial charge in [0.15, 0.2) is 0 Å². The van der Waals surface area contributed by atoms with Gasteiger partial charge in [0, 0.05) is 17.3 Å². The highest BCUT2D eigenvalue weighted by Crippen LogP contribution is 2.34. The molecule has 1 amide bonds. The SMILES string of the molecule is CCSC1CCCC1NC(=O)C1CC2CCCCC2N1. The molecular formula is C16H28N2OS. The molecule has 2 aliphatic carbocycles. The molecule has 1 aliphatic heterocycles. The Bertz CT molecular complexity index is 335. The van der Waals surface area contributed by atoms with Crippen LogP contribution in [-0.2, 0) is 4.79 Å². The van der Waals surface area contributed by atoms with Crippen molar-refractivity contribution < 1.29 is 4.79 Å². The number of hydrogen-bond acceptors (Lipinski definition) is 3. The second-order valence-corrected chi connectivity index (χ2v) is 8.16. The topological polar surface area (TPSA) is 41.1 Å². The van der Waals surface area contributed by atoms with E-state index in [0.29, 0.717) is 17.3 Å². The minimum absolute atomic E-state index is 0.0796. The van der Waals surface area contributed by atoms with Crippen molar-refractivity contribution in [2.45, 2.75) is 81.7 Å². The first-order valence-corrected chi connectivity index (χ1v) is 9.51. The van der Waals surface area contributed by atoms with Crippen molar-refractivity contribution >= 4 is 17.7 Å². The van der Waals surface area contributed by atoms with Crippen molar-refractivity contribution in [3.05, 3.63) is 0 Å². The van der Waals surface area contributed by atoms with Crippen LogP contribution >= 0.6 is 11.8 Å². The first kappa shape index (κ1) is 14.7. The molecule has 1 saturated heterocycles. The fourth-order valence-corrected chi connectivity index (χ4v) is 5.51. The van der Waals surface area contributed by atoms with Crippen molar-refractivity contribution in [3.8, 4) is 0 Å². The van der Waals surface area contributed by atoms with Crippen LogP contribution < -0.4 is 10.6 Å². The Morgan fingerprint density at radius 1 is 1.20 bits per heavy atom. The number of hydrogen-bond donors (Lipinski definition) is 2. The zero-order valence-electron chi connectivity index (χ0n) is 12.6. The van der Waals surface area contributed by atoms with Gasteiger partial charge in [-0.2, -0.15) is 11.8 Å². The van der Waals surface area contributed by atoms with E-state index in [-0.39, 0.29) is 11.9 Å². The van der Waals surface area contributed by atoms with Gasteiger partial charge in [-0.25, -0.2) is 0 Å². The third-order valence-corrected chi connectivity index (χ3v) is 6.67. The van der Waals surface area contributed by atoms with Gasteiger partial charge in [-0.05, 0) is 43.8 Å². The summed E-state index contributed by atoms with van der Waals surface area (Å²) in [5.74, 6) is 2.18. The molecule has 0 aromatic heterocycles. The van der Waals surface area contributed by atoms with E-state index in [0.717, 1.165) is 18.1 Å². The zero-order valence-corrected chi connectivity index (χ0v) is 13.4. The van der Waals surface area contributed by atoms with E-state index in [1.807, 2.05) is 11.8 Å². The van der Waals surface area contributed by atoms with Crippen LogP contribution in [0.1, 0.15) is 58.3 Å². The second kappa shape index (κ2) is 6.69. The number of amides is 1. The van der Waals surface area contributed by atoms with E-state index in [1.165, 1.54) is 44.9 Å². The molecule has 2 N–H and O–H groups in total. The van der Waals surface area contributed by atoms with Gasteiger partial charge in [-0.15, -0.1) is 0 Å². The highest BCUT2D eigenvalue weighted by atomic mass is 32.2. The summed E-state index contributed by atoms with van der Waals surface area (Å²) in [6.45, 7) is 2.21. The second-order valence-electron chi connectivity index (χ2n) is 6.65. The molecule has 3 rings (SSSR count). The fraction of sp³-hybridized carbons (Fsp3) is 0.938. The summed E-state index contributed by atoms with van der Waals surface area (Å²) in [6.07, 6.45) is 10.1. The van der Waals surface area contributed by atoms with Gasteiger partial charge < -0.3 is 10.6 Å². The maximum absolute atomic E-state index is 12.5. The third-order valence-electron chi connectivity index (χ3n) is 5.34. The molecule has 0 aromatic rings. The molecule has 5 atom stereocenters. The lowest BCUT2D eigenvalue weighted by atomic mass is 9.85. The molecule has 5 unspecified atom stereocenters. The smallest absolute Gasteiger partial charge is 0.237 e. The molecule has 1 heterocycles. The Morgan fingerprint density at radius 2 is 2.05 bits per heavy atom. The Balaban J connectivity index is 1.52. The van der Waals surface area contributed by atoms with E-state index in [9.17, 15) is 4.79 Å². The summed E-state index contributed by atoms with van der Waals surface area (Å²) in [5.41, 5.74) is 0. The van der Waals surface area contributed by atoms with Gasteiger partial charge in [0.25, 0.3) is 0 Å². The van der Waals surface area contributed by atoms with Crippen molar-refractivity contribution in [3.63, 3.8) is 0 Å². The molecule has 3 nitrogen and oxygen atoms in total. The molecule has 0 spiro atoms. The van der Waals surface area contributed by atoms with Crippen LogP contribution in [0.2, 0.25) is 0 Å². The Hall–Kier alpha value is -0.220. The lowest BCUT2D eigenvalue weighted by Gasteiger charge is -2.24. The van der Waals surface area contributed by atoms with Crippen molar-refractivity contribution in [2.24, 2.45) is 5.92 Å². The minimum Gasteiger partial charge on any atom is -0.351 e. The molecule has 3 fully saturated rings. The lowest BCUT2D eigenvalue weighted by molar-refractivity contribution is -0.123. The van der Waals surface area contributed by atoms with E-state index in [1.54, 1.807) is 0 Å². The normalized spacial score (nSPS) is 40.5. The quantitative estimate of drug-likeness (QED) is 0.838. The zero-order chi connectivity index (χ0) is 13.9. The monoisotopic (exact) mass is 296 g/mol. The van der Waals surface area contributed by atoms with Gasteiger partial charge in [0.1, 0.15) is 0 Å². The third kappa shape index (κ3) is 3.16. The van der Waals surface area contributed by atoms with Crippen LogP contribution in [0.4, 0.5) is 0 Å². The molecular weight excluding hydrogens is 268 g/mol. The summed E-state index contributed by atoms with van der Waals surface area (Å²) in [7, 11) is 0. The highest BCUT2D eigenvalue weighted by molar-refractivity contribution is 7.99. The van der Waals surface area contributed by atoms with E-state index >= 15 is 0 Å². The summed E-state index contributed by atoms with van der Waals surface area (Å²) in [5, 5.41) is 7.58. The van der Waals surface area contributed by atoms with Gasteiger partial charge in [-0.3, -0.25) is 4.79 Å². The van der Waals surface area contributed by atoms with Gasteiger partial charge in [0.05, 0.1) is 6.04 Å². The van der Waals surface area contributed by atoms with Crippen LogP contribution in [0.15, 0.2) is 0 Å². The number of fused-ring (bicyclic) bond motifs is 1. The van der Waals surface area contributed by atoms with Crippen molar-refractivity contribution in [1.29, 1.82) is 0 Å². The van der Waals surface area contributed by atoms with Crippen LogP contribution in [0.3, 0.4) is 0 Å². The minimum atomic E-state index is 0.0796. The Kier molecular flexibility index (Phi) is 4.92. The number of carbonyl (C=O) groups is 1. The van der Waals surface area contributed by atoms with Crippen LogP contribution in [0.5, 0.6) is 0 Å². The average molecular weight is 296 g/mol. The van der Waals surface area contributed by atoms with Gasteiger partial charge in [-0.1, -0.05) is 26.2 Å². The Labute approximate surface area is 127 Å². The molecule has 0 radical (unpaired) electrons. The summed E-state index contributed by atoms with van der Waals surface area (Å²) in [4.78, 5) is 12.5. The van der Waals surface area contributed by atoms with Crippen molar-refractivity contribution in [1.82, 2.24) is 10.6 Å². The predicted molar refractivity (Wildman–Crippen MR) is 85.0 cm³/mol. The predicted octanol–water partition coefficient (Wildman–Crippen LogP) is 2.70. The molecule has 114 valence electrons. The molecule has 20 heavy (non-hydrogen) atoms. The Morgan fingerprint density at radius 3 is 2.85 bits per heavy atom.